The van der Waals surface area contributed by atoms with Gasteiger partial charge in [-0.2, -0.15) is 0 Å². The van der Waals surface area contributed by atoms with Crippen LogP contribution in [0.25, 0.3) is 0 Å². The molecule has 0 atom stereocenters. The predicted octanol–water partition coefficient (Wildman–Crippen LogP) is 3.87. The maximum atomic E-state index is 6.25. The quantitative estimate of drug-likeness (QED) is 0.878. The van der Waals surface area contributed by atoms with Gasteiger partial charge in [0.2, 0.25) is 0 Å². The number of nitrogens with two attached hydrogens (primary N) is 1. The van der Waals surface area contributed by atoms with Crippen molar-refractivity contribution in [1.29, 1.82) is 0 Å². The Kier molecular flexibility index (Phi) is 2.65. The Morgan fingerprint density at radius 1 is 1.40 bits per heavy atom. The van der Waals surface area contributed by atoms with Crippen molar-refractivity contribution in [3.8, 4) is 0 Å². The number of rotatable bonds is 2. The number of benzene rings is 1. The summed E-state index contributed by atoms with van der Waals surface area (Å²) in [5.41, 5.74) is 7.31. The van der Waals surface area contributed by atoms with E-state index in [1.807, 2.05) is 12.1 Å². The Morgan fingerprint density at radius 3 is 2.47 bits per heavy atom. The van der Waals surface area contributed by atoms with E-state index >= 15 is 0 Å². The minimum atomic E-state index is -0.211. The van der Waals surface area contributed by atoms with Crippen molar-refractivity contribution in [3.05, 3.63) is 33.3 Å². The highest BCUT2D eigenvalue weighted by atomic mass is 79.9. The van der Waals surface area contributed by atoms with E-state index in [1.165, 1.54) is 5.56 Å². The molecule has 0 spiro atoms. The molecule has 15 heavy (non-hydrogen) atoms. The fraction of sp³-hybridized carbons (Fsp3) is 0.500. The minimum absolute atomic E-state index is 0.0772. The molecule has 0 saturated heterocycles. The molecule has 1 aliphatic carbocycles. The molecule has 82 valence electrons. The predicted molar refractivity (Wildman–Crippen MR) is 68.3 cm³/mol. The second-order valence-electron chi connectivity index (χ2n) is 4.93. The lowest BCUT2D eigenvalue weighted by molar-refractivity contribution is 0.391. The normalized spacial score (nSPS) is 19.0. The summed E-state index contributed by atoms with van der Waals surface area (Å²) in [5, 5.41) is 0.828. The molecule has 3 heteroatoms. The highest BCUT2D eigenvalue weighted by molar-refractivity contribution is 9.10. The van der Waals surface area contributed by atoms with E-state index in [-0.39, 0.29) is 11.0 Å². The fourth-order valence-corrected chi connectivity index (χ4v) is 2.91. The van der Waals surface area contributed by atoms with Gasteiger partial charge in [-0.25, -0.2) is 0 Å². The number of hydrogen-bond donors (Lipinski definition) is 1. The first-order valence-corrected chi connectivity index (χ1v) is 6.28. The summed E-state index contributed by atoms with van der Waals surface area (Å²) in [6.07, 6.45) is 2.26. The SMILES string of the molecule is CC(C)(N)C1(c2cc(Br)ccc2Cl)CC1. The van der Waals surface area contributed by atoms with Crippen LogP contribution in [0.4, 0.5) is 0 Å². The highest BCUT2D eigenvalue weighted by Crippen LogP contribution is 2.56. The highest BCUT2D eigenvalue weighted by Gasteiger charge is 2.54. The molecular weight excluding hydrogens is 273 g/mol. The molecule has 1 aliphatic rings. The summed E-state index contributed by atoms with van der Waals surface area (Å²) in [6.45, 7) is 4.16. The van der Waals surface area contributed by atoms with Crippen LogP contribution in [-0.4, -0.2) is 5.54 Å². The molecule has 0 unspecified atom stereocenters. The molecule has 1 fully saturated rings. The molecule has 1 aromatic carbocycles. The molecule has 0 radical (unpaired) electrons. The average molecular weight is 289 g/mol. The third kappa shape index (κ3) is 1.83. The molecule has 0 bridgehead atoms. The lowest BCUT2D eigenvalue weighted by Crippen LogP contribution is -2.45. The van der Waals surface area contributed by atoms with E-state index in [9.17, 15) is 0 Å². The zero-order chi connectivity index (χ0) is 11.3. The van der Waals surface area contributed by atoms with Crippen LogP contribution in [0, 0.1) is 0 Å². The average Bonchev–Trinajstić information content (AvgIpc) is 2.88. The molecule has 1 saturated carbocycles. The topological polar surface area (TPSA) is 26.0 Å². The van der Waals surface area contributed by atoms with Crippen molar-refractivity contribution in [2.75, 3.05) is 0 Å². The van der Waals surface area contributed by atoms with E-state index < -0.39 is 0 Å². The van der Waals surface area contributed by atoms with E-state index in [1.54, 1.807) is 0 Å². The zero-order valence-electron chi connectivity index (χ0n) is 8.98. The maximum absolute atomic E-state index is 6.25. The third-order valence-electron chi connectivity index (χ3n) is 3.43. The van der Waals surface area contributed by atoms with Gasteiger partial charge in [0.15, 0.2) is 0 Å². The maximum Gasteiger partial charge on any atom is 0.0445 e. The molecule has 0 heterocycles. The van der Waals surface area contributed by atoms with Crippen LogP contribution in [0.5, 0.6) is 0 Å². The summed E-state index contributed by atoms with van der Waals surface area (Å²) >= 11 is 9.73. The van der Waals surface area contributed by atoms with Gasteiger partial charge >= 0.3 is 0 Å². The molecule has 0 aromatic heterocycles. The minimum Gasteiger partial charge on any atom is -0.325 e. The van der Waals surface area contributed by atoms with Gasteiger partial charge in [-0.1, -0.05) is 27.5 Å². The van der Waals surface area contributed by atoms with Crippen molar-refractivity contribution < 1.29 is 0 Å². The van der Waals surface area contributed by atoms with Gasteiger partial charge in [-0.3, -0.25) is 0 Å². The van der Waals surface area contributed by atoms with Gasteiger partial charge in [-0.05, 0) is 50.5 Å². The summed E-state index contributed by atoms with van der Waals surface area (Å²) in [6, 6.07) is 6.00. The van der Waals surface area contributed by atoms with Crippen LogP contribution in [0.15, 0.2) is 22.7 Å². The van der Waals surface area contributed by atoms with Gasteiger partial charge in [0.25, 0.3) is 0 Å². The van der Waals surface area contributed by atoms with Crippen LogP contribution >= 0.6 is 27.5 Å². The summed E-state index contributed by atoms with van der Waals surface area (Å²) in [5.74, 6) is 0. The van der Waals surface area contributed by atoms with Crippen LogP contribution in [0.3, 0.4) is 0 Å². The molecular formula is C12H15BrClN. The van der Waals surface area contributed by atoms with Crippen LogP contribution in [0.1, 0.15) is 32.3 Å². The van der Waals surface area contributed by atoms with Crippen LogP contribution in [0.2, 0.25) is 5.02 Å². The van der Waals surface area contributed by atoms with Gasteiger partial charge in [0.1, 0.15) is 0 Å². The molecule has 0 amide bonds. The first kappa shape index (κ1) is 11.4. The second kappa shape index (κ2) is 3.47. The second-order valence-corrected chi connectivity index (χ2v) is 6.25. The van der Waals surface area contributed by atoms with Gasteiger partial charge < -0.3 is 5.73 Å². The van der Waals surface area contributed by atoms with E-state index in [0.717, 1.165) is 22.3 Å². The van der Waals surface area contributed by atoms with Crippen molar-refractivity contribution >= 4 is 27.5 Å². The van der Waals surface area contributed by atoms with Crippen molar-refractivity contribution in [3.63, 3.8) is 0 Å². The van der Waals surface area contributed by atoms with Gasteiger partial charge in [-0.15, -0.1) is 0 Å². The number of hydrogen-bond acceptors (Lipinski definition) is 1. The van der Waals surface area contributed by atoms with Gasteiger partial charge in [0.05, 0.1) is 0 Å². The molecule has 1 nitrogen and oxygen atoms in total. The third-order valence-corrected chi connectivity index (χ3v) is 4.25. The van der Waals surface area contributed by atoms with Crippen molar-refractivity contribution in [1.82, 2.24) is 0 Å². The smallest absolute Gasteiger partial charge is 0.0445 e. The van der Waals surface area contributed by atoms with E-state index in [4.69, 9.17) is 17.3 Å². The van der Waals surface area contributed by atoms with E-state index in [0.29, 0.717) is 0 Å². The Balaban J connectivity index is 2.50. The van der Waals surface area contributed by atoms with Crippen molar-refractivity contribution in [2.45, 2.75) is 37.6 Å². The Bertz CT molecular complexity index is 391. The first-order chi connectivity index (χ1) is 6.87. The largest absolute Gasteiger partial charge is 0.325 e. The zero-order valence-corrected chi connectivity index (χ0v) is 11.3. The summed E-state index contributed by atoms with van der Waals surface area (Å²) in [7, 11) is 0. The fourth-order valence-electron chi connectivity index (χ4n) is 2.25. The van der Waals surface area contributed by atoms with Gasteiger partial charge in [0, 0.05) is 20.4 Å². The molecule has 2 rings (SSSR count). The summed E-state index contributed by atoms with van der Waals surface area (Å²) < 4.78 is 1.07. The summed E-state index contributed by atoms with van der Waals surface area (Å²) in [4.78, 5) is 0. The molecule has 1 aromatic rings. The standard InChI is InChI=1S/C12H15BrClN/c1-11(2,15)12(5-6-12)9-7-8(13)3-4-10(9)14/h3-4,7H,5-6,15H2,1-2H3. The monoisotopic (exact) mass is 287 g/mol. The van der Waals surface area contributed by atoms with Crippen LogP contribution < -0.4 is 5.73 Å². The van der Waals surface area contributed by atoms with E-state index in [2.05, 4.69) is 35.8 Å². The number of halogens is 2. The lowest BCUT2D eigenvalue weighted by atomic mass is 9.79. The Hall–Kier alpha value is -0.0500. The molecule has 0 aliphatic heterocycles. The van der Waals surface area contributed by atoms with Crippen LogP contribution in [-0.2, 0) is 5.41 Å². The van der Waals surface area contributed by atoms with Crippen molar-refractivity contribution in [2.24, 2.45) is 5.73 Å². The Morgan fingerprint density at radius 2 is 2.00 bits per heavy atom. The molecule has 2 N–H and O–H groups in total. The Labute approximate surface area is 104 Å². The lowest BCUT2D eigenvalue weighted by Gasteiger charge is -2.32. The first-order valence-electron chi connectivity index (χ1n) is 5.11.